The van der Waals surface area contributed by atoms with E-state index >= 15 is 0 Å². The molecule has 0 aliphatic heterocycles. The van der Waals surface area contributed by atoms with Crippen LogP contribution >= 0.6 is 0 Å². The van der Waals surface area contributed by atoms with Gasteiger partial charge in [-0.15, -0.1) is 0 Å². The second kappa shape index (κ2) is 4.57. The van der Waals surface area contributed by atoms with E-state index in [4.69, 9.17) is 4.74 Å². The van der Waals surface area contributed by atoms with Gasteiger partial charge in [-0.3, -0.25) is 9.78 Å². The molecule has 1 heterocycles. The van der Waals surface area contributed by atoms with Crippen molar-refractivity contribution in [3.63, 3.8) is 0 Å². The van der Waals surface area contributed by atoms with Gasteiger partial charge in [0.05, 0.1) is 12.8 Å². The maximum Gasteiger partial charge on any atom is 0.152 e. The van der Waals surface area contributed by atoms with Crippen LogP contribution in [0.2, 0.25) is 0 Å². The summed E-state index contributed by atoms with van der Waals surface area (Å²) in [7, 11) is 1.60. The predicted octanol–water partition coefficient (Wildman–Crippen LogP) is 2.57. The topological polar surface area (TPSA) is 39.2 Å². The van der Waals surface area contributed by atoms with E-state index in [9.17, 15) is 4.79 Å². The zero-order chi connectivity index (χ0) is 11.4. The van der Waals surface area contributed by atoms with E-state index in [2.05, 4.69) is 4.98 Å². The minimum absolute atomic E-state index is 0.562. The summed E-state index contributed by atoms with van der Waals surface area (Å²) in [6.45, 7) is 0. The van der Waals surface area contributed by atoms with Crippen LogP contribution in [0.5, 0.6) is 5.75 Å². The van der Waals surface area contributed by atoms with Crippen molar-refractivity contribution in [3.8, 4) is 17.0 Å². The van der Waals surface area contributed by atoms with Crippen LogP contribution in [0.1, 0.15) is 10.4 Å². The number of aromatic nitrogens is 1. The molecule has 0 unspecified atom stereocenters. The second-order valence-electron chi connectivity index (χ2n) is 3.26. The molecule has 0 N–H and O–H groups in total. The van der Waals surface area contributed by atoms with Crippen molar-refractivity contribution < 1.29 is 9.53 Å². The Hall–Kier alpha value is -2.16. The Kier molecular flexibility index (Phi) is 2.96. The third kappa shape index (κ3) is 1.80. The lowest BCUT2D eigenvalue weighted by Gasteiger charge is -2.08. The summed E-state index contributed by atoms with van der Waals surface area (Å²) in [6.07, 6.45) is 2.46. The number of ether oxygens (including phenoxy) is 1. The molecule has 3 nitrogen and oxygen atoms in total. The summed E-state index contributed by atoms with van der Waals surface area (Å²) in [5, 5.41) is 0. The zero-order valence-corrected chi connectivity index (χ0v) is 8.88. The van der Waals surface area contributed by atoms with Gasteiger partial charge in [0.15, 0.2) is 6.29 Å². The zero-order valence-electron chi connectivity index (χ0n) is 8.88. The Morgan fingerprint density at radius 2 is 2.00 bits per heavy atom. The summed E-state index contributed by atoms with van der Waals surface area (Å²) in [5.41, 5.74) is 2.04. The normalized spacial score (nSPS) is 9.81. The molecule has 0 bridgehead atoms. The highest BCUT2D eigenvalue weighted by atomic mass is 16.5. The summed E-state index contributed by atoms with van der Waals surface area (Å²) in [6, 6.07) is 11.0. The van der Waals surface area contributed by atoms with Gasteiger partial charge in [-0.25, -0.2) is 0 Å². The fourth-order valence-corrected chi connectivity index (χ4v) is 1.58. The van der Waals surface area contributed by atoms with E-state index < -0.39 is 0 Å². The molecular formula is C13H11NO2. The average molecular weight is 213 g/mol. The number of para-hydroxylation sites is 1. The van der Waals surface area contributed by atoms with Gasteiger partial charge in [-0.2, -0.15) is 0 Å². The summed E-state index contributed by atoms with van der Waals surface area (Å²) < 4.78 is 5.24. The molecule has 3 heteroatoms. The van der Waals surface area contributed by atoms with Crippen molar-refractivity contribution in [3.05, 3.63) is 48.2 Å². The Morgan fingerprint density at radius 3 is 2.75 bits per heavy atom. The van der Waals surface area contributed by atoms with Crippen LogP contribution in [0, 0.1) is 0 Å². The molecule has 80 valence electrons. The molecule has 2 rings (SSSR count). The molecule has 0 atom stereocenters. The first-order valence-electron chi connectivity index (χ1n) is 4.90. The molecular weight excluding hydrogens is 202 g/mol. The summed E-state index contributed by atoms with van der Waals surface area (Å²) >= 11 is 0. The number of carbonyl (C=O) groups is 1. The largest absolute Gasteiger partial charge is 0.496 e. The van der Waals surface area contributed by atoms with Crippen LogP contribution in [0.15, 0.2) is 42.6 Å². The molecule has 0 fully saturated rings. The van der Waals surface area contributed by atoms with Crippen molar-refractivity contribution in [2.24, 2.45) is 0 Å². The van der Waals surface area contributed by atoms with Crippen molar-refractivity contribution in [2.75, 3.05) is 7.11 Å². The molecule has 2 aromatic rings. The predicted molar refractivity (Wildman–Crippen MR) is 61.6 cm³/mol. The number of rotatable bonds is 3. The molecule has 16 heavy (non-hydrogen) atoms. The lowest BCUT2D eigenvalue weighted by molar-refractivity contribution is 0.112. The highest BCUT2D eigenvalue weighted by Crippen LogP contribution is 2.29. The highest BCUT2D eigenvalue weighted by molar-refractivity contribution is 5.87. The third-order valence-corrected chi connectivity index (χ3v) is 2.33. The van der Waals surface area contributed by atoms with Gasteiger partial charge in [-0.1, -0.05) is 12.1 Å². The van der Waals surface area contributed by atoms with E-state index in [1.807, 2.05) is 24.3 Å². The summed E-state index contributed by atoms with van der Waals surface area (Å²) in [4.78, 5) is 15.1. The fraction of sp³-hybridized carbons (Fsp3) is 0.0769. The Labute approximate surface area is 93.7 Å². The molecule has 1 aromatic heterocycles. The average Bonchev–Trinajstić information content (AvgIpc) is 2.38. The summed E-state index contributed by atoms with van der Waals surface area (Å²) in [5.74, 6) is 0.712. The van der Waals surface area contributed by atoms with E-state index in [0.29, 0.717) is 17.0 Å². The molecule has 1 aromatic carbocycles. The Balaban J connectivity index is 2.62. The number of methoxy groups -OCH3 is 1. The first-order chi connectivity index (χ1) is 7.86. The van der Waals surface area contributed by atoms with Gasteiger partial charge in [0.2, 0.25) is 0 Å². The number of carbonyl (C=O) groups excluding carboxylic acids is 1. The van der Waals surface area contributed by atoms with Gasteiger partial charge >= 0.3 is 0 Å². The molecule has 0 radical (unpaired) electrons. The van der Waals surface area contributed by atoms with Crippen LogP contribution in [0.4, 0.5) is 0 Å². The van der Waals surface area contributed by atoms with Crippen LogP contribution in [-0.2, 0) is 0 Å². The van der Waals surface area contributed by atoms with Crippen LogP contribution in [-0.4, -0.2) is 18.4 Å². The van der Waals surface area contributed by atoms with Crippen LogP contribution in [0.25, 0.3) is 11.3 Å². The minimum Gasteiger partial charge on any atom is -0.496 e. The first kappa shape index (κ1) is 10.4. The Morgan fingerprint density at radius 1 is 1.19 bits per heavy atom. The number of benzene rings is 1. The number of aldehydes is 1. The highest BCUT2D eigenvalue weighted by Gasteiger charge is 2.09. The number of nitrogens with zero attached hydrogens (tertiary/aromatic N) is 1. The van der Waals surface area contributed by atoms with E-state index in [0.717, 1.165) is 11.8 Å². The van der Waals surface area contributed by atoms with E-state index in [1.54, 1.807) is 25.4 Å². The molecule has 0 saturated heterocycles. The number of hydrogen-bond acceptors (Lipinski definition) is 3. The standard InChI is InChI=1S/C13H11NO2/c1-16-12-7-3-2-6-11(12)13-10(9-15)5-4-8-14-13/h2-9H,1H3. The number of hydrogen-bond donors (Lipinski definition) is 0. The maximum absolute atomic E-state index is 10.9. The van der Waals surface area contributed by atoms with Gasteiger partial charge < -0.3 is 4.74 Å². The van der Waals surface area contributed by atoms with Crippen molar-refractivity contribution >= 4 is 6.29 Å². The first-order valence-corrected chi connectivity index (χ1v) is 4.90. The van der Waals surface area contributed by atoms with E-state index in [1.165, 1.54) is 0 Å². The van der Waals surface area contributed by atoms with Gasteiger partial charge in [0.1, 0.15) is 5.75 Å². The monoisotopic (exact) mass is 213 g/mol. The lowest BCUT2D eigenvalue weighted by atomic mass is 10.1. The lowest BCUT2D eigenvalue weighted by Crippen LogP contribution is -1.94. The second-order valence-corrected chi connectivity index (χ2v) is 3.26. The third-order valence-electron chi connectivity index (χ3n) is 2.33. The molecule has 0 aliphatic carbocycles. The Bertz CT molecular complexity index is 509. The molecule has 0 aliphatic rings. The molecule has 0 saturated carbocycles. The van der Waals surface area contributed by atoms with Crippen LogP contribution < -0.4 is 4.74 Å². The smallest absolute Gasteiger partial charge is 0.152 e. The van der Waals surface area contributed by atoms with Gasteiger partial charge in [-0.05, 0) is 24.3 Å². The van der Waals surface area contributed by atoms with Crippen molar-refractivity contribution in [1.82, 2.24) is 4.98 Å². The van der Waals surface area contributed by atoms with Crippen LogP contribution in [0.3, 0.4) is 0 Å². The van der Waals surface area contributed by atoms with Gasteiger partial charge in [0, 0.05) is 17.3 Å². The minimum atomic E-state index is 0.562. The maximum atomic E-state index is 10.9. The molecule has 0 amide bonds. The van der Waals surface area contributed by atoms with Crippen molar-refractivity contribution in [1.29, 1.82) is 0 Å². The van der Waals surface area contributed by atoms with Gasteiger partial charge in [0.25, 0.3) is 0 Å². The molecule has 0 spiro atoms. The van der Waals surface area contributed by atoms with E-state index in [-0.39, 0.29) is 0 Å². The van der Waals surface area contributed by atoms with Crippen molar-refractivity contribution in [2.45, 2.75) is 0 Å². The SMILES string of the molecule is COc1ccccc1-c1ncccc1C=O. The quantitative estimate of drug-likeness (QED) is 0.735. The number of pyridine rings is 1. The fourth-order valence-electron chi connectivity index (χ4n) is 1.58.